The lowest BCUT2D eigenvalue weighted by atomic mass is 9.51. The number of hydrogen-bond acceptors (Lipinski definition) is 4. The second-order valence-electron chi connectivity index (χ2n) is 12.7. The van der Waals surface area contributed by atoms with Gasteiger partial charge in [-0.1, -0.05) is 50.6 Å². The molecule has 0 amide bonds. The summed E-state index contributed by atoms with van der Waals surface area (Å²) >= 11 is 0. The summed E-state index contributed by atoms with van der Waals surface area (Å²) in [6.45, 7) is 6.33. The van der Waals surface area contributed by atoms with Gasteiger partial charge in [-0.3, -0.25) is 0 Å². The Morgan fingerprint density at radius 1 is 1.02 bits per heavy atom. The minimum atomic E-state index is -4.85. The number of allylic oxidation sites excluding steroid dienone is 1. The van der Waals surface area contributed by atoms with Gasteiger partial charge in [-0.05, 0) is 118 Å². The summed E-state index contributed by atoms with van der Waals surface area (Å²) in [4.78, 5) is 0.0118. The van der Waals surface area contributed by atoms with Crippen molar-refractivity contribution in [3.63, 3.8) is 0 Å². The number of rotatable bonds is 7. The largest absolute Gasteiger partial charge is 0.414 e. The highest BCUT2D eigenvalue weighted by atomic mass is 32.2. The number of benzene rings is 1. The molecule has 0 aromatic heterocycles. The SMILES string of the molecule is CC.CC12CCC3C4CCC(O)CC4=CCC3C1CC[C@@H]2CCC(CC(O)C(F)(F)F)S(=O)(=O)c1ccccc1. The van der Waals surface area contributed by atoms with E-state index in [1.807, 2.05) is 13.8 Å². The maximum Gasteiger partial charge on any atom is 0.414 e. The van der Waals surface area contributed by atoms with Crippen molar-refractivity contribution in [2.75, 3.05) is 0 Å². The summed E-state index contributed by atoms with van der Waals surface area (Å²) in [6.07, 6.45) is 2.54. The first-order chi connectivity index (χ1) is 18.9. The van der Waals surface area contributed by atoms with Crippen LogP contribution in [0.15, 0.2) is 46.9 Å². The highest BCUT2D eigenvalue weighted by Gasteiger charge is 2.55. The average Bonchev–Trinajstić information content (AvgIpc) is 3.27. The number of alkyl halides is 3. The normalized spacial score (nSPS) is 35.2. The second kappa shape index (κ2) is 12.5. The van der Waals surface area contributed by atoms with Crippen LogP contribution in [0.3, 0.4) is 0 Å². The minimum absolute atomic E-state index is 0.0118. The predicted octanol–water partition coefficient (Wildman–Crippen LogP) is 7.50. The van der Waals surface area contributed by atoms with Gasteiger partial charge in [0.15, 0.2) is 15.9 Å². The van der Waals surface area contributed by atoms with Crippen LogP contribution in [0.4, 0.5) is 13.2 Å². The molecular weight excluding hydrogens is 537 g/mol. The third-order valence-corrected chi connectivity index (χ3v) is 13.1. The fourth-order valence-corrected chi connectivity index (χ4v) is 10.6. The van der Waals surface area contributed by atoms with Crippen LogP contribution < -0.4 is 0 Å². The monoisotopic (exact) mass is 584 g/mol. The molecule has 8 unspecified atom stereocenters. The van der Waals surface area contributed by atoms with Crippen LogP contribution in [0.2, 0.25) is 0 Å². The maximum absolute atomic E-state index is 13.4. The number of fused-ring (bicyclic) bond motifs is 5. The summed E-state index contributed by atoms with van der Waals surface area (Å²) in [6, 6.07) is 7.66. The molecule has 3 fully saturated rings. The molecule has 9 atom stereocenters. The van der Waals surface area contributed by atoms with Crippen LogP contribution in [0.1, 0.15) is 91.4 Å². The summed E-state index contributed by atoms with van der Waals surface area (Å²) < 4.78 is 66.6. The van der Waals surface area contributed by atoms with Crippen LogP contribution in [0, 0.1) is 35.0 Å². The molecular formula is C32H47F3O4S. The van der Waals surface area contributed by atoms with Crippen LogP contribution in [0.5, 0.6) is 0 Å². The molecule has 0 spiro atoms. The van der Waals surface area contributed by atoms with Crippen LogP contribution in [0.25, 0.3) is 0 Å². The van der Waals surface area contributed by atoms with Crippen molar-refractivity contribution in [2.45, 2.75) is 120 Å². The van der Waals surface area contributed by atoms with Gasteiger partial charge < -0.3 is 10.2 Å². The molecule has 5 rings (SSSR count). The zero-order valence-electron chi connectivity index (χ0n) is 24.1. The van der Waals surface area contributed by atoms with Crippen molar-refractivity contribution >= 4 is 9.84 Å². The van der Waals surface area contributed by atoms with Gasteiger partial charge in [-0.2, -0.15) is 13.2 Å². The highest BCUT2D eigenvalue weighted by molar-refractivity contribution is 7.92. The van der Waals surface area contributed by atoms with Gasteiger partial charge in [0.1, 0.15) is 0 Å². The van der Waals surface area contributed by atoms with E-state index in [1.54, 1.807) is 18.2 Å². The number of hydrogen-bond donors (Lipinski definition) is 2. The van der Waals surface area contributed by atoms with Crippen LogP contribution >= 0.6 is 0 Å². The number of halogens is 3. The van der Waals surface area contributed by atoms with E-state index in [1.165, 1.54) is 17.7 Å². The van der Waals surface area contributed by atoms with Crippen LogP contribution in [-0.4, -0.2) is 42.3 Å². The lowest BCUT2D eigenvalue weighted by Gasteiger charge is -2.54. The lowest BCUT2D eigenvalue weighted by molar-refractivity contribution is -0.205. The van der Waals surface area contributed by atoms with E-state index < -0.39 is 33.8 Å². The molecule has 4 aliphatic rings. The van der Waals surface area contributed by atoms with Gasteiger partial charge >= 0.3 is 6.18 Å². The molecule has 8 heteroatoms. The molecule has 1 aromatic rings. The Kier molecular flexibility index (Phi) is 9.83. The van der Waals surface area contributed by atoms with Gasteiger partial charge in [-0.25, -0.2) is 8.42 Å². The van der Waals surface area contributed by atoms with Crippen molar-refractivity contribution in [1.82, 2.24) is 0 Å². The van der Waals surface area contributed by atoms with Crippen molar-refractivity contribution in [1.29, 1.82) is 0 Å². The van der Waals surface area contributed by atoms with Gasteiger partial charge in [0.25, 0.3) is 0 Å². The predicted molar refractivity (Wildman–Crippen MR) is 151 cm³/mol. The molecule has 0 radical (unpaired) electrons. The first kappa shape index (κ1) is 31.6. The van der Waals surface area contributed by atoms with Crippen molar-refractivity contribution < 1.29 is 31.8 Å². The van der Waals surface area contributed by atoms with E-state index in [2.05, 4.69) is 13.0 Å². The van der Waals surface area contributed by atoms with E-state index >= 15 is 0 Å². The Hall–Kier alpha value is -1.38. The van der Waals surface area contributed by atoms with E-state index in [0.29, 0.717) is 30.1 Å². The molecule has 4 nitrogen and oxygen atoms in total. The number of sulfone groups is 1. The maximum atomic E-state index is 13.4. The van der Waals surface area contributed by atoms with Gasteiger partial charge in [0.05, 0.1) is 16.2 Å². The molecule has 0 heterocycles. The Bertz CT molecular complexity index is 1120. The van der Waals surface area contributed by atoms with Crippen LogP contribution in [-0.2, 0) is 9.84 Å². The molecule has 226 valence electrons. The highest BCUT2D eigenvalue weighted by Crippen LogP contribution is 2.64. The first-order valence-electron chi connectivity index (χ1n) is 15.3. The number of aliphatic hydroxyl groups is 2. The van der Waals surface area contributed by atoms with E-state index in [-0.39, 0.29) is 28.8 Å². The Morgan fingerprint density at radius 2 is 1.73 bits per heavy atom. The fourth-order valence-electron chi connectivity index (χ4n) is 8.80. The molecule has 1 aromatic carbocycles. The minimum Gasteiger partial charge on any atom is -0.393 e. The van der Waals surface area contributed by atoms with Gasteiger partial charge in [-0.15, -0.1) is 0 Å². The zero-order chi connectivity index (χ0) is 29.3. The smallest absolute Gasteiger partial charge is 0.393 e. The summed E-state index contributed by atoms with van der Waals surface area (Å²) in [7, 11) is -4.02. The van der Waals surface area contributed by atoms with E-state index in [4.69, 9.17) is 0 Å². The number of aliphatic hydroxyl groups excluding tert-OH is 2. The van der Waals surface area contributed by atoms with E-state index in [9.17, 15) is 31.8 Å². The fraction of sp³-hybridized carbons (Fsp3) is 0.750. The summed E-state index contributed by atoms with van der Waals surface area (Å²) in [5, 5.41) is 18.7. The Morgan fingerprint density at radius 3 is 2.40 bits per heavy atom. The summed E-state index contributed by atoms with van der Waals surface area (Å²) in [5.74, 6) is 2.63. The van der Waals surface area contributed by atoms with E-state index in [0.717, 1.165) is 51.4 Å². The molecule has 3 saturated carbocycles. The molecule has 0 saturated heterocycles. The summed E-state index contributed by atoms with van der Waals surface area (Å²) in [5.41, 5.74) is 1.50. The molecule has 40 heavy (non-hydrogen) atoms. The zero-order valence-corrected chi connectivity index (χ0v) is 24.9. The topological polar surface area (TPSA) is 74.6 Å². The average molecular weight is 585 g/mol. The van der Waals surface area contributed by atoms with Gasteiger partial charge in [0, 0.05) is 0 Å². The molecule has 0 bridgehead atoms. The first-order valence-corrected chi connectivity index (χ1v) is 16.9. The van der Waals surface area contributed by atoms with Gasteiger partial charge in [0.2, 0.25) is 0 Å². The molecule has 0 aliphatic heterocycles. The quantitative estimate of drug-likeness (QED) is 0.326. The molecule has 4 aliphatic carbocycles. The Balaban J connectivity index is 0.00000181. The second-order valence-corrected chi connectivity index (χ2v) is 14.9. The lowest BCUT2D eigenvalue weighted by Crippen LogP contribution is -2.46. The third kappa shape index (κ3) is 6.19. The third-order valence-electron chi connectivity index (χ3n) is 10.8. The standard InChI is InChI=1S/C30H41F3O4S.C2H6/c1-29-16-15-25-24-13-10-21(34)17-19(24)7-12-26(25)27(29)14-9-20(29)8-11-23(18-28(35)30(31,32)33)38(36,37)22-5-3-2-4-6-22;1-2/h2-7,20-21,23-28,34-35H,8-18H2,1H3;1-2H3/t20-,21?,23?,24?,25?,26?,27?,28?,29?;/m0./s1. The van der Waals surface area contributed by atoms with Crippen molar-refractivity contribution in [3.05, 3.63) is 42.0 Å². The Labute approximate surface area is 238 Å². The van der Waals surface area contributed by atoms with Crippen molar-refractivity contribution in [2.24, 2.45) is 35.0 Å². The van der Waals surface area contributed by atoms with Crippen molar-refractivity contribution in [3.8, 4) is 0 Å². The molecule has 2 N–H and O–H groups in total.